The summed E-state index contributed by atoms with van der Waals surface area (Å²) in [6, 6.07) is 12.5. The molecule has 0 aromatic heterocycles. The first-order valence-electron chi connectivity index (χ1n) is 7.59. The molecule has 2 aromatic carbocycles. The second-order valence-corrected chi connectivity index (χ2v) is 5.53. The molecule has 1 unspecified atom stereocenters. The van der Waals surface area contributed by atoms with E-state index < -0.39 is 6.10 Å². The van der Waals surface area contributed by atoms with Crippen LogP contribution < -0.4 is 20.1 Å². The van der Waals surface area contributed by atoms with Gasteiger partial charge in [-0.15, -0.1) is 0 Å². The van der Waals surface area contributed by atoms with E-state index in [4.69, 9.17) is 9.47 Å². The maximum Gasteiger partial charge on any atom is 0.265 e. The number of rotatable bonds is 4. The Hall–Kier alpha value is -3.02. The molecule has 0 aliphatic carbocycles. The van der Waals surface area contributed by atoms with E-state index >= 15 is 0 Å². The largest absolute Gasteiger partial charge is 0.497 e. The standard InChI is InChI=1S/C18H18N2O4/c1-11-18(22)20-15-10-13(5-8-16(15)24-11)19-17(21)9-12-3-6-14(23-2)7-4-12/h3-8,10-11H,9H2,1-2H3,(H,19,21)(H,20,22). The zero-order chi connectivity index (χ0) is 17.1. The molecule has 2 N–H and O–H groups in total. The van der Waals surface area contributed by atoms with Gasteiger partial charge < -0.3 is 20.1 Å². The van der Waals surface area contributed by atoms with Crippen LogP contribution >= 0.6 is 0 Å². The van der Waals surface area contributed by atoms with Crippen LogP contribution in [0.5, 0.6) is 11.5 Å². The molecule has 6 nitrogen and oxygen atoms in total. The molecule has 124 valence electrons. The van der Waals surface area contributed by atoms with Crippen molar-refractivity contribution in [3.8, 4) is 11.5 Å². The van der Waals surface area contributed by atoms with Gasteiger partial charge in [0.15, 0.2) is 6.10 Å². The highest BCUT2D eigenvalue weighted by Crippen LogP contribution is 2.32. The lowest BCUT2D eigenvalue weighted by Crippen LogP contribution is -2.34. The fourth-order valence-corrected chi connectivity index (χ4v) is 2.42. The molecule has 0 saturated carbocycles. The van der Waals surface area contributed by atoms with Gasteiger partial charge in [0, 0.05) is 5.69 Å². The Labute approximate surface area is 139 Å². The number of hydrogen-bond acceptors (Lipinski definition) is 4. The minimum absolute atomic E-state index is 0.142. The van der Waals surface area contributed by atoms with Gasteiger partial charge in [-0.05, 0) is 42.8 Å². The number of amides is 2. The Morgan fingerprint density at radius 1 is 1.25 bits per heavy atom. The number of carbonyl (C=O) groups is 2. The summed E-state index contributed by atoms with van der Waals surface area (Å²) < 4.78 is 10.6. The highest BCUT2D eigenvalue weighted by atomic mass is 16.5. The van der Waals surface area contributed by atoms with Gasteiger partial charge in [-0.2, -0.15) is 0 Å². The molecule has 24 heavy (non-hydrogen) atoms. The van der Waals surface area contributed by atoms with Crippen LogP contribution in [0.2, 0.25) is 0 Å². The van der Waals surface area contributed by atoms with Crippen LogP contribution in [0, 0.1) is 0 Å². The SMILES string of the molecule is COc1ccc(CC(=O)Nc2ccc3c(c2)NC(=O)C(C)O3)cc1. The molecule has 2 amide bonds. The molecular weight excluding hydrogens is 308 g/mol. The third kappa shape index (κ3) is 3.48. The molecule has 0 spiro atoms. The van der Waals surface area contributed by atoms with Gasteiger partial charge in [0.05, 0.1) is 19.2 Å². The molecule has 3 rings (SSSR count). The van der Waals surface area contributed by atoms with Crippen LogP contribution in [0.1, 0.15) is 12.5 Å². The van der Waals surface area contributed by atoms with Gasteiger partial charge in [-0.25, -0.2) is 0 Å². The van der Waals surface area contributed by atoms with Crippen LogP contribution in [-0.4, -0.2) is 25.0 Å². The summed E-state index contributed by atoms with van der Waals surface area (Å²) in [6.45, 7) is 1.68. The molecule has 2 aromatic rings. The fraction of sp³-hybridized carbons (Fsp3) is 0.222. The van der Waals surface area contributed by atoms with Crippen molar-refractivity contribution in [2.45, 2.75) is 19.4 Å². The third-order valence-electron chi connectivity index (χ3n) is 3.72. The van der Waals surface area contributed by atoms with E-state index in [0.29, 0.717) is 17.1 Å². The number of benzene rings is 2. The number of methoxy groups -OCH3 is 1. The van der Waals surface area contributed by atoms with E-state index in [2.05, 4.69) is 10.6 Å². The lowest BCUT2D eigenvalue weighted by molar-refractivity contribution is -0.122. The molecule has 0 radical (unpaired) electrons. The summed E-state index contributed by atoms with van der Waals surface area (Å²) >= 11 is 0. The van der Waals surface area contributed by atoms with Gasteiger partial charge in [-0.1, -0.05) is 12.1 Å². The Morgan fingerprint density at radius 2 is 2.00 bits per heavy atom. The van der Waals surface area contributed by atoms with Gasteiger partial charge in [-0.3, -0.25) is 9.59 Å². The summed E-state index contributed by atoms with van der Waals surface area (Å²) in [5, 5.41) is 5.57. The van der Waals surface area contributed by atoms with Gasteiger partial charge >= 0.3 is 0 Å². The average molecular weight is 326 g/mol. The molecule has 1 aliphatic rings. The van der Waals surface area contributed by atoms with Crippen molar-refractivity contribution >= 4 is 23.2 Å². The number of anilines is 2. The van der Waals surface area contributed by atoms with Crippen molar-refractivity contribution in [2.24, 2.45) is 0 Å². The lowest BCUT2D eigenvalue weighted by atomic mass is 10.1. The quantitative estimate of drug-likeness (QED) is 0.905. The second kappa shape index (κ2) is 6.62. The van der Waals surface area contributed by atoms with Crippen LogP contribution in [-0.2, 0) is 16.0 Å². The Bertz CT molecular complexity index is 771. The molecule has 0 fully saturated rings. The molecule has 1 heterocycles. The maximum absolute atomic E-state index is 12.2. The molecule has 0 bridgehead atoms. The van der Waals surface area contributed by atoms with Crippen LogP contribution in [0.4, 0.5) is 11.4 Å². The van der Waals surface area contributed by atoms with Gasteiger partial charge in [0.2, 0.25) is 5.91 Å². The fourth-order valence-electron chi connectivity index (χ4n) is 2.42. The number of nitrogens with one attached hydrogen (secondary N) is 2. The Balaban J connectivity index is 1.66. The molecule has 0 saturated heterocycles. The van der Waals surface area contributed by atoms with Crippen molar-refractivity contribution < 1.29 is 19.1 Å². The van der Waals surface area contributed by atoms with Crippen molar-refractivity contribution in [2.75, 3.05) is 17.7 Å². The minimum Gasteiger partial charge on any atom is -0.497 e. The van der Waals surface area contributed by atoms with Crippen molar-refractivity contribution in [3.63, 3.8) is 0 Å². The van der Waals surface area contributed by atoms with E-state index in [1.807, 2.05) is 24.3 Å². The summed E-state index contributed by atoms with van der Waals surface area (Å²) in [6.07, 6.45) is -0.269. The highest BCUT2D eigenvalue weighted by Gasteiger charge is 2.23. The monoisotopic (exact) mass is 326 g/mol. The van der Waals surface area contributed by atoms with Crippen LogP contribution in [0.15, 0.2) is 42.5 Å². The van der Waals surface area contributed by atoms with Crippen LogP contribution in [0.3, 0.4) is 0 Å². The zero-order valence-corrected chi connectivity index (χ0v) is 13.5. The van der Waals surface area contributed by atoms with E-state index in [1.54, 1.807) is 32.2 Å². The maximum atomic E-state index is 12.2. The van der Waals surface area contributed by atoms with Crippen molar-refractivity contribution in [1.82, 2.24) is 0 Å². The number of fused-ring (bicyclic) bond motifs is 1. The smallest absolute Gasteiger partial charge is 0.265 e. The third-order valence-corrected chi connectivity index (χ3v) is 3.72. The van der Waals surface area contributed by atoms with Crippen LogP contribution in [0.25, 0.3) is 0 Å². The summed E-state index contributed by atoms with van der Waals surface area (Å²) in [5.41, 5.74) is 2.04. The Kier molecular flexibility index (Phi) is 4.37. The second-order valence-electron chi connectivity index (χ2n) is 5.53. The lowest BCUT2D eigenvalue weighted by Gasteiger charge is -2.23. The van der Waals surface area contributed by atoms with E-state index in [0.717, 1.165) is 11.3 Å². The predicted octanol–water partition coefficient (Wildman–Crippen LogP) is 2.60. The van der Waals surface area contributed by atoms with Gasteiger partial charge in [0.25, 0.3) is 5.91 Å². The molecule has 1 atom stereocenters. The topological polar surface area (TPSA) is 76.7 Å². The predicted molar refractivity (Wildman–Crippen MR) is 90.5 cm³/mol. The van der Waals surface area contributed by atoms with Crippen molar-refractivity contribution in [3.05, 3.63) is 48.0 Å². The Morgan fingerprint density at radius 3 is 2.71 bits per heavy atom. The first-order chi connectivity index (χ1) is 11.5. The average Bonchev–Trinajstić information content (AvgIpc) is 2.57. The zero-order valence-electron chi connectivity index (χ0n) is 13.5. The van der Waals surface area contributed by atoms with E-state index in [1.165, 1.54) is 0 Å². The minimum atomic E-state index is -0.520. The number of ether oxygens (including phenoxy) is 2. The molecule has 6 heteroatoms. The van der Waals surface area contributed by atoms with Crippen molar-refractivity contribution in [1.29, 1.82) is 0 Å². The molecular formula is C18H18N2O4. The number of carbonyl (C=O) groups excluding carboxylic acids is 2. The van der Waals surface area contributed by atoms with Gasteiger partial charge in [0.1, 0.15) is 11.5 Å². The normalized spacial score (nSPS) is 15.8. The van der Waals surface area contributed by atoms with E-state index in [9.17, 15) is 9.59 Å². The first-order valence-corrected chi connectivity index (χ1v) is 7.59. The number of hydrogen-bond donors (Lipinski definition) is 2. The summed E-state index contributed by atoms with van der Waals surface area (Å²) in [4.78, 5) is 23.8. The van der Waals surface area contributed by atoms with E-state index in [-0.39, 0.29) is 18.2 Å². The summed E-state index contributed by atoms with van der Waals surface area (Å²) in [5.74, 6) is 0.995. The molecule has 1 aliphatic heterocycles. The summed E-state index contributed by atoms with van der Waals surface area (Å²) in [7, 11) is 1.60. The first kappa shape index (κ1) is 15.9. The highest BCUT2D eigenvalue weighted by molar-refractivity contribution is 5.99.